The Hall–Kier alpha value is -3.07. The van der Waals surface area contributed by atoms with E-state index in [0.29, 0.717) is 16.6 Å². The minimum atomic E-state index is -0.614. The van der Waals surface area contributed by atoms with Gasteiger partial charge in [-0.25, -0.2) is 4.68 Å². The molecule has 1 N–H and O–H groups in total. The lowest BCUT2D eigenvalue weighted by Crippen LogP contribution is -2.25. The first kappa shape index (κ1) is 17.7. The molecule has 134 valence electrons. The van der Waals surface area contributed by atoms with Gasteiger partial charge < -0.3 is 4.74 Å². The highest BCUT2D eigenvalue weighted by Gasteiger charge is 2.16. The number of amides is 1. The molecule has 0 unspecified atom stereocenters. The van der Waals surface area contributed by atoms with E-state index >= 15 is 0 Å². The van der Waals surface area contributed by atoms with Gasteiger partial charge in [0.05, 0.1) is 12.8 Å². The van der Waals surface area contributed by atoms with Gasteiger partial charge in [-0.1, -0.05) is 18.3 Å². The molecule has 0 aliphatic rings. The van der Waals surface area contributed by atoms with Crippen molar-refractivity contribution in [2.75, 3.05) is 12.4 Å². The van der Waals surface area contributed by atoms with Crippen LogP contribution in [-0.2, 0) is 6.42 Å². The monoisotopic (exact) mass is 371 g/mol. The van der Waals surface area contributed by atoms with Crippen LogP contribution in [0.1, 0.15) is 28.8 Å². The summed E-state index contributed by atoms with van der Waals surface area (Å²) in [6.45, 7) is 2.04. The van der Waals surface area contributed by atoms with E-state index in [1.807, 2.05) is 6.92 Å². The molecule has 1 aromatic carbocycles. The van der Waals surface area contributed by atoms with E-state index in [4.69, 9.17) is 4.74 Å². The number of nitrogens with zero attached hydrogens (tertiary/aromatic N) is 4. The largest absolute Gasteiger partial charge is 0.497 e. The third-order valence-electron chi connectivity index (χ3n) is 3.51. The van der Waals surface area contributed by atoms with Crippen molar-refractivity contribution in [3.05, 3.63) is 57.5 Å². The smallest absolute Gasteiger partial charge is 0.282 e. The van der Waals surface area contributed by atoms with Crippen molar-refractivity contribution in [3.63, 3.8) is 0 Å². The van der Waals surface area contributed by atoms with Gasteiger partial charge in [-0.2, -0.15) is 5.10 Å². The number of hydrogen-bond acceptors (Lipinski definition) is 7. The second kappa shape index (κ2) is 7.87. The van der Waals surface area contributed by atoms with Crippen LogP contribution < -0.4 is 15.5 Å². The number of carbonyl (C=O) groups excluding carboxylic acids is 1. The van der Waals surface area contributed by atoms with Gasteiger partial charge in [-0.05, 0) is 30.7 Å². The number of aryl methyl sites for hydroxylation is 1. The number of nitrogens with one attached hydrogen (secondary N) is 1. The molecule has 9 heteroatoms. The molecule has 0 bridgehead atoms. The Bertz CT molecular complexity index is 965. The lowest BCUT2D eigenvalue weighted by atomic mass is 10.3. The summed E-state index contributed by atoms with van der Waals surface area (Å²) >= 11 is 1.29. The standard InChI is InChI=1S/C17H17N5O3S/c1-3-4-14-19-20-17(26-14)18-16(24)15-13(23)9-10-22(21-15)11-5-7-12(25-2)8-6-11/h5-10H,3-4H2,1-2H3,(H,18,20,24). The van der Waals surface area contributed by atoms with Gasteiger partial charge in [0.15, 0.2) is 5.69 Å². The molecule has 0 aliphatic carbocycles. The molecule has 2 heterocycles. The lowest BCUT2D eigenvalue weighted by molar-refractivity contribution is 0.101. The van der Waals surface area contributed by atoms with E-state index < -0.39 is 11.3 Å². The van der Waals surface area contributed by atoms with Crippen LogP contribution in [0.25, 0.3) is 5.69 Å². The van der Waals surface area contributed by atoms with Crippen molar-refractivity contribution in [3.8, 4) is 11.4 Å². The summed E-state index contributed by atoms with van der Waals surface area (Å²) < 4.78 is 6.57. The maximum absolute atomic E-state index is 12.4. The SMILES string of the molecule is CCCc1nnc(NC(=O)c2nn(-c3ccc(OC)cc3)ccc2=O)s1. The van der Waals surface area contributed by atoms with Crippen LogP contribution in [-0.4, -0.2) is 33.0 Å². The van der Waals surface area contributed by atoms with E-state index in [2.05, 4.69) is 20.6 Å². The summed E-state index contributed by atoms with van der Waals surface area (Å²) in [7, 11) is 1.58. The lowest BCUT2D eigenvalue weighted by Gasteiger charge is -2.08. The van der Waals surface area contributed by atoms with Crippen molar-refractivity contribution in [1.82, 2.24) is 20.0 Å². The van der Waals surface area contributed by atoms with Crippen LogP contribution >= 0.6 is 11.3 Å². The number of carbonyl (C=O) groups is 1. The van der Waals surface area contributed by atoms with Gasteiger partial charge in [-0.3, -0.25) is 14.9 Å². The molecule has 0 fully saturated rings. The third-order valence-corrected chi connectivity index (χ3v) is 4.41. The first-order valence-electron chi connectivity index (χ1n) is 7.99. The van der Waals surface area contributed by atoms with Crippen molar-refractivity contribution in [1.29, 1.82) is 0 Å². The van der Waals surface area contributed by atoms with E-state index in [1.54, 1.807) is 31.4 Å². The molecule has 1 amide bonds. The average molecular weight is 371 g/mol. The highest BCUT2D eigenvalue weighted by Crippen LogP contribution is 2.17. The molecule has 0 spiro atoms. The Morgan fingerprint density at radius 3 is 2.69 bits per heavy atom. The fraction of sp³-hybridized carbons (Fsp3) is 0.235. The number of anilines is 1. The second-order valence-corrected chi connectivity index (χ2v) is 6.44. The molecule has 2 aromatic heterocycles. The van der Waals surface area contributed by atoms with Gasteiger partial charge in [0.1, 0.15) is 10.8 Å². The number of hydrogen-bond donors (Lipinski definition) is 1. The summed E-state index contributed by atoms with van der Waals surface area (Å²) in [6, 6.07) is 8.39. The van der Waals surface area contributed by atoms with Gasteiger partial charge in [-0.15, -0.1) is 10.2 Å². The molecule has 26 heavy (non-hydrogen) atoms. The number of benzene rings is 1. The van der Waals surface area contributed by atoms with Crippen LogP contribution in [0.4, 0.5) is 5.13 Å². The molecule has 0 aliphatic heterocycles. The summed E-state index contributed by atoms with van der Waals surface area (Å²) in [4.78, 5) is 24.5. The van der Waals surface area contributed by atoms with Crippen molar-refractivity contribution in [2.24, 2.45) is 0 Å². The molecule has 0 saturated heterocycles. The Kier molecular flexibility index (Phi) is 5.37. The van der Waals surface area contributed by atoms with Crippen molar-refractivity contribution < 1.29 is 9.53 Å². The molecule has 8 nitrogen and oxygen atoms in total. The zero-order chi connectivity index (χ0) is 18.5. The van der Waals surface area contributed by atoms with Gasteiger partial charge >= 0.3 is 0 Å². The maximum Gasteiger partial charge on any atom is 0.282 e. The highest BCUT2D eigenvalue weighted by atomic mass is 32.1. The van der Waals surface area contributed by atoms with E-state index in [1.165, 1.54) is 28.3 Å². The van der Waals surface area contributed by atoms with Crippen molar-refractivity contribution >= 4 is 22.4 Å². The molecule has 3 rings (SSSR count). The summed E-state index contributed by atoms with van der Waals surface area (Å²) in [5.41, 5.74) is 0.0158. The van der Waals surface area contributed by atoms with Crippen LogP contribution in [0, 0.1) is 0 Å². The zero-order valence-electron chi connectivity index (χ0n) is 14.3. The first-order chi connectivity index (χ1) is 12.6. The third kappa shape index (κ3) is 3.94. The van der Waals surface area contributed by atoms with E-state index in [0.717, 1.165) is 17.8 Å². The summed E-state index contributed by atoms with van der Waals surface area (Å²) in [5.74, 6) is 0.0870. The fourth-order valence-corrected chi connectivity index (χ4v) is 3.06. The normalized spacial score (nSPS) is 10.5. The Labute approximate surface area is 153 Å². The van der Waals surface area contributed by atoms with Crippen LogP contribution in [0.5, 0.6) is 5.75 Å². The first-order valence-corrected chi connectivity index (χ1v) is 8.80. The number of methoxy groups -OCH3 is 1. The average Bonchev–Trinajstić information content (AvgIpc) is 3.09. The van der Waals surface area contributed by atoms with Crippen LogP contribution in [0.3, 0.4) is 0 Å². The van der Waals surface area contributed by atoms with Crippen LogP contribution in [0.15, 0.2) is 41.3 Å². The number of rotatable bonds is 6. The predicted octanol–water partition coefficient (Wildman–Crippen LogP) is 2.30. The van der Waals surface area contributed by atoms with Gasteiger partial charge in [0.25, 0.3) is 5.91 Å². The predicted molar refractivity (Wildman–Crippen MR) is 98.2 cm³/mol. The quantitative estimate of drug-likeness (QED) is 0.714. The summed E-state index contributed by atoms with van der Waals surface area (Å²) in [5, 5.41) is 15.8. The zero-order valence-corrected chi connectivity index (χ0v) is 15.1. The minimum Gasteiger partial charge on any atom is -0.497 e. The molecule has 0 atom stereocenters. The molecule has 0 radical (unpaired) electrons. The summed E-state index contributed by atoms with van der Waals surface area (Å²) in [6.07, 6.45) is 3.24. The number of aromatic nitrogens is 4. The maximum atomic E-state index is 12.4. The van der Waals surface area contributed by atoms with E-state index in [-0.39, 0.29) is 5.69 Å². The number of ether oxygens (including phenoxy) is 1. The Morgan fingerprint density at radius 1 is 1.23 bits per heavy atom. The molecular formula is C17H17N5O3S. The topological polar surface area (TPSA) is 99.0 Å². The molecule has 0 saturated carbocycles. The Balaban J connectivity index is 1.84. The van der Waals surface area contributed by atoms with Gasteiger partial charge in [0, 0.05) is 18.7 Å². The molecule has 3 aromatic rings. The Morgan fingerprint density at radius 2 is 2.00 bits per heavy atom. The fourth-order valence-electron chi connectivity index (χ4n) is 2.22. The second-order valence-electron chi connectivity index (χ2n) is 5.38. The highest BCUT2D eigenvalue weighted by molar-refractivity contribution is 7.15. The molecular weight excluding hydrogens is 354 g/mol. The van der Waals surface area contributed by atoms with Gasteiger partial charge in [0.2, 0.25) is 10.6 Å². The van der Waals surface area contributed by atoms with Crippen molar-refractivity contribution in [2.45, 2.75) is 19.8 Å². The van der Waals surface area contributed by atoms with Crippen LogP contribution in [0.2, 0.25) is 0 Å². The van der Waals surface area contributed by atoms with E-state index in [9.17, 15) is 9.59 Å². The minimum absolute atomic E-state index is 0.212.